The fourth-order valence-electron chi connectivity index (χ4n) is 1.69. The topological polar surface area (TPSA) is 104 Å². The van der Waals surface area contributed by atoms with E-state index in [1.54, 1.807) is 31.5 Å². The molecule has 0 radical (unpaired) electrons. The Bertz CT molecular complexity index is 647. The van der Waals surface area contributed by atoms with Gasteiger partial charge in [0.15, 0.2) is 5.84 Å². The minimum absolute atomic E-state index is 0.127. The molecule has 0 aromatic carbocycles. The maximum Gasteiger partial charge on any atom is 0.259 e. The van der Waals surface area contributed by atoms with Crippen molar-refractivity contribution >= 4 is 5.84 Å². The molecule has 2 rings (SSSR count). The third-order valence-corrected chi connectivity index (χ3v) is 2.59. The minimum atomic E-state index is -0.393. The molecule has 0 aliphatic rings. The first kappa shape index (κ1) is 11.8. The van der Waals surface area contributed by atoms with Gasteiger partial charge in [0.25, 0.3) is 5.56 Å². The van der Waals surface area contributed by atoms with E-state index in [2.05, 4.69) is 15.1 Å². The normalized spacial score (nSPS) is 11.5. The summed E-state index contributed by atoms with van der Waals surface area (Å²) in [6.07, 6.45) is 3.34. The van der Waals surface area contributed by atoms with E-state index in [9.17, 15) is 4.79 Å². The zero-order valence-electron chi connectivity index (χ0n) is 9.71. The number of oxime groups is 1. The largest absolute Gasteiger partial charge is 0.409 e. The van der Waals surface area contributed by atoms with Crippen molar-refractivity contribution in [2.75, 3.05) is 0 Å². The van der Waals surface area contributed by atoms with Crippen LogP contribution in [0.2, 0.25) is 0 Å². The van der Waals surface area contributed by atoms with E-state index in [1.165, 1.54) is 0 Å². The lowest BCUT2D eigenvalue weighted by Gasteiger charge is -2.07. The van der Waals surface area contributed by atoms with Crippen molar-refractivity contribution < 1.29 is 5.21 Å². The highest BCUT2D eigenvalue weighted by atomic mass is 16.4. The number of pyridine rings is 2. The van der Waals surface area contributed by atoms with Crippen LogP contribution in [0.3, 0.4) is 0 Å². The molecule has 0 saturated carbocycles. The standard InChI is InChI=1S/C12H12N4O2/c1-7-9(8-3-2-4-14-6-8)5-10(11(13)16-18)12(17)15-7/h2-6,18H,1H3,(H2,13,16)(H,15,17). The summed E-state index contributed by atoms with van der Waals surface area (Å²) >= 11 is 0. The number of rotatable bonds is 2. The Hall–Kier alpha value is -2.63. The zero-order chi connectivity index (χ0) is 13.1. The molecule has 0 saturated heterocycles. The van der Waals surface area contributed by atoms with Crippen molar-refractivity contribution in [3.8, 4) is 11.1 Å². The summed E-state index contributed by atoms with van der Waals surface area (Å²) in [5.74, 6) is -0.221. The van der Waals surface area contributed by atoms with Crippen LogP contribution in [0.15, 0.2) is 40.5 Å². The lowest BCUT2D eigenvalue weighted by atomic mass is 10.0. The quantitative estimate of drug-likeness (QED) is 0.315. The molecule has 2 aromatic rings. The van der Waals surface area contributed by atoms with E-state index in [0.717, 1.165) is 11.1 Å². The SMILES string of the molecule is Cc1[nH]c(=O)c(C(N)=NO)cc1-c1cccnc1. The molecule has 4 N–H and O–H groups in total. The fourth-order valence-corrected chi connectivity index (χ4v) is 1.69. The molecule has 6 nitrogen and oxygen atoms in total. The molecule has 0 fully saturated rings. The second kappa shape index (κ2) is 4.70. The Morgan fingerprint density at radius 1 is 1.56 bits per heavy atom. The van der Waals surface area contributed by atoms with Crippen molar-refractivity contribution in [3.05, 3.63) is 52.2 Å². The maximum atomic E-state index is 11.7. The van der Waals surface area contributed by atoms with Gasteiger partial charge < -0.3 is 15.9 Å². The molecule has 2 heterocycles. The number of aryl methyl sites for hydroxylation is 1. The highest BCUT2D eigenvalue weighted by molar-refractivity contribution is 5.97. The molecule has 6 heteroatoms. The smallest absolute Gasteiger partial charge is 0.259 e. The van der Waals surface area contributed by atoms with Gasteiger partial charge in [-0.25, -0.2) is 0 Å². The second-order valence-corrected chi connectivity index (χ2v) is 3.78. The Morgan fingerprint density at radius 2 is 2.33 bits per heavy atom. The zero-order valence-corrected chi connectivity index (χ0v) is 9.71. The van der Waals surface area contributed by atoms with Gasteiger partial charge in [0.1, 0.15) is 0 Å². The van der Waals surface area contributed by atoms with Gasteiger partial charge in [0, 0.05) is 29.2 Å². The molecular weight excluding hydrogens is 232 g/mol. The summed E-state index contributed by atoms with van der Waals surface area (Å²) in [4.78, 5) is 18.4. The van der Waals surface area contributed by atoms with Crippen molar-refractivity contribution in [2.45, 2.75) is 6.92 Å². The van der Waals surface area contributed by atoms with Crippen LogP contribution in [-0.4, -0.2) is 21.0 Å². The van der Waals surface area contributed by atoms with Crippen LogP contribution in [0.1, 0.15) is 11.3 Å². The molecule has 0 bridgehead atoms. The number of hydrogen-bond donors (Lipinski definition) is 3. The van der Waals surface area contributed by atoms with Crippen LogP contribution >= 0.6 is 0 Å². The van der Waals surface area contributed by atoms with Crippen molar-refractivity contribution in [2.24, 2.45) is 10.9 Å². The lowest BCUT2D eigenvalue weighted by molar-refractivity contribution is 0.318. The van der Waals surface area contributed by atoms with E-state index in [1.807, 2.05) is 6.07 Å². The Morgan fingerprint density at radius 3 is 2.94 bits per heavy atom. The number of H-pyrrole nitrogens is 1. The van der Waals surface area contributed by atoms with Gasteiger partial charge in [0.2, 0.25) is 0 Å². The fraction of sp³-hybridized carbons (Fsp3) is 0.0833. The summed E-state index contributed by atoms with van der Waals surface area (Å²) in [5, 5.41) is 11.5. The summed E-state index contributed by atoms with van der Waals surface area (Å²) in [7, 11) is 0. The van der Waals surface area contributed by atoms with Crippen LogP contribution in [0.4, 0.5) is 0 Å². The van der Waals surface area contributed by atoms with E-state index in [-0.39, 0.29) is 11.4 Å². The predicted octanol–water partition coefficient (Wildman–Crippen LogP) is 0.840. The third-order valence-electron chi connectivity index (χ3n) is 2.59. The number of hydrogen-bond acceptors (Lipinski definition) is 4. The Balaban J connectivity index is 2.67. The van der Waals surface area contributed by atoms with Crippen molar-refractivity contribution in [1.29, 1.82) is 0 Å². The molecule has 2 aromatic heterocycles. The van der Waals surface area contributed by atoms with Crippen LogP contribution < -0.4 is 11.3 Å². The summed E-state index contributed by atoms with van der Waals surface area (Å²) < 4.78 is 0. The van der Waals surface area contributed by atoms with Gasteiger partial charge in [-0.1, -0.05) is 11.2 Å². The second-order valence-electron chi connectivity index (χ2n) is 3.78. The lowest BCUT2D eigenvalue weighted by Crippen LogP contribution is -2.25. The number of aromatic amines is 1. The summed E-state index contributed by atoms with van der Waals surface area (Å²) in [6.45, 7) is 1.78. The van der Waals surface area contributed by atoms with Gasteiger partial charge in [-0.2, -0.15) is 0 Å². The summed E-state index contributed by atoms with van der Waals surface area (Å²) in [5.41, 5.74) is 7.51. The molecule has 0 amide bonds. The molecule has 92 valence electrons. The number of nitrogens with two attached hydrogens (primary N) is 1. The first-order valence-electron chi connectivity index (χ1n) is 5.25. The number of nitrogens with one attached hydrogen (secondary N) is 1. The molecule has 0 spiro atoms. The van der Waals surface area contributed by atoms with Crippen LogP contribution in [-0.2, 0) is 0 Å². The molecule has 0 unspecified atom stereocenters. The molecule has 0 aliphatic carbocycles. The Kier molecular flexibility index (Phi) is 3.09. The van der Waals surface area contributed by atoms with Gasteiger partial charge in [0.05, 0.1) is 5.56 Å². The first-order valence-corrected chi connectivity index (χ1v) is 5.25. The number of amidine groups is 1. The molecule has 0 aliphatic heterocycles. The average molecular weight is 244 g/mol. The van der Waals surface area contributed by atoms with Gasteiger partial charge >= 0.3 is 0 Å². The van der Waals surface area contributed by atoms with E-state index in [0.29, 0.717) is 5.69 Å². The van der Waals surface area contributed by atoms with Gasteiger partial charge in [-0.05, 0) is 19.1 Å². The van der Waals surface area contributed by atoms with Gasteiger partial charge in [-0.3, -0.25) is 9.78 Å². The van der Waals surface area contributed by atoms with E-state index in [4.69, 9.17) is 10.9 Å². The highest BCUT2D eigenvalue weighted by Crippen LogP contribution is 2.20. The number of nitrogens with zero attached hydrogens (tertiary/aromatic N) is 2. The van der Waals surface area contributed by atoms with E-state index < -0.39 is 5.56 Å². The van der Waals surface area contributed by atoms with Crippen LogP contribution in [0.5, 0.6) is 0 Å². The highest BCUT2D eigenvalue weighted by Gasteiger charge is 2.10. The number of aromatic nitrogens is 2. The average Bonchev–Trinajstić information content (AvgIpc) is 2.39. The van der Waals surface area contributed by atoms with Crippen molar-refractivity contribution in [3.63, 3.8) is 0 Å². The van der Waals surface area contributed by atoms with Crippen molar-refractivity contribution in [1.82, 2.24) is 9.97 Å². The monoisotopic (exact) mass is 244 g/mol. The van der Waals surface area contributed by atoms with Crippen LogP contribution in [0.25, 0.3) is 11.1 Å². The Labute approximate surface area is 103 Å². The molecular formula is C12H12N4O2. The maximum absolute atomic E-state index is 11.7. The third kappa shape index (κ3) is 2.08. The first-order chi connectivity index (χ1) is 8.63. The van der Waals surface area contributed by atoms with E-state index >= 15 is 0 Å². The van der Waals surface area contributed by atoms with Gasteiger partial charge in [-0.15, -0.1) is 0 Å². The summed E-state index contributed by atoms with van der Waals surface area (Å²) in [6, 6.07) is 5.24. The molecule has 0 atom stereocenters. The van der Waals surface area contributed by atoms with Crippen LogP contribution in [0, 0.1) is 6.92 Å². The molecule has 18 heavy (non-hydrogen) atoms. The predicted molar refractivity (Wildman–Crippen MR) is 67.5 cm³/mol. The minimum Gasteiger partial charge on any atom is -0.409 e.